The van der Waals surface area contributed by atoms with Crippen LogP contribution < -0.4 is 4.74 Å². The number of sulfone groups is 1. The van der Waals surface area contributed by atoms with Crippen LogP contribution in [0, 0.1) is 0 Å². The molecular formula is C22H21F2N5O5S. The van der Waals surface area contributed by atoms with E-state index in [2.05, 4.69) is 19.9 Å². The van der Waals surface area contributed by atoms with Crippen molar-refractivity contribution >= 4 is 21.3 Å². The maximum absolute atomic E-state index is 13.1. The Morgan fingerprint density at radius 3 is 2.80 bits per heavy atom. The molecular weight excluding hydrogens is 484 g/mol. The summed E-state index contributed by atoms with van der Waals surface area (Å²) in [6.45, 7) is -3.19. The van der Waals surface area contributed by atoms with Gasteiger partial charge in [0.05, 0.1) is 34.7 Å². The summed E-state index contributed by atoms with van der Waals surface area (Å²) < 4.78 is 64.0. The molecule has 0 unspecified atom stereocenters. The predicted octanol–water partition coefficient (Wildman–Crippen LogP) is 2.58. The number of benzene rings is 1. The Bertz CT molecular complexity index is 1480. The largest absolute Gasteiger partial charge is 0.434 e. The van der Waals surface area contributed by atoms with Gasteiger partial charge in [-0.3, -0.25) is 9.48 Å². The normalized spacial score (nSPS) is 11.9. The third-order valence-electron chi connectivity index (χ3n) is 5.17. The summed E-state index contributed by atoms with van der Waals surface area (Å²) in [4.78, 5) is 17.2. The molecule has 1 aromatic carbocycles. The molecule has 0 aliphatic carbocycles. The van der Waals surface area contributed by atoms with Crippen LogP contribution in [0.4, 0.5) is 8.78 Å². The van der Waals surface area contributed by atoms with Crippen molar-refractivity contribution in [3.8, 4) is 17.0 Å². The molecule has 4 aromatic rings. The van der Waals surface area contributed by atoms with Crippen LogP contribution in [0.25, 0.3) is 16.9 Å². The number of ketones is 1. The number of carbonyl (C=O) groups is 1. The van der Waals surface area contributed by atoms with E-state index in [1.807, 2.05) is 0 Å². The molecule has 0 fully saturated rings. The highest BCUT2D eigenvalue weighted by Crippen LogP contribution is 2.35. The second-order valence-corrected chi connectivity index (χ2v) is 9.68. The summed E-state index contributed by atoms with van der Waals surface area (Å²) >= 11 is 0. The van der Waals surface area contributed by atoms with E-state index in [9.17, 15) is 22.0 Å². The molecule has 0 saturated carbocycles. The van der Waals surface area contributed by atoms with E-state index < -0.39 is 16.4 Å². The number of hydrogen-bond acceptors (Lipinski definition) is 8. The Labute approximate surface area is 199 Å². The lowest BCUT2D eigenvalue weighted by Gasteiger charge is -2.13. The second kappa shape index (κ2) is 9.88. The molecule has 13 heteroatoms. The van der Waals surface area contributed by atoms with Gasteiger partial charge in [-0.15, -0.1) is 0 Å². The van der Waals surface area contributed by atoms with Gasteiger partial charge in [0.2, 0.25) is 0 Å². The molecule has 10 nitrogen and oxygen atoms in total. The number of methoxy groups -OCH3 is 1. The van der Waals surface area contributed by atoms with Crippen molar-refractivity contribution in [3.63, 3.8) is 0 Å². The SMILES string of the molecule is COCCS(=O)(=O)c1ccc(OC(F)F)c(-c2nn(C)cc2CC(=O)c2cnn3cccnc23)c1. The first-order valence-corrected chi connectivity index (χ1v) is 12.0. The van der Waals surface area contributed by atoms with E-state index in [0.717, 1.165) is 6.07 Å². The van der Waals surface area contributed by atoms with Crippen LogP contribution in [0.5, 0.6) is 5.75 Å². The van der Waals surface area contributed by atoms with E-state index in [4.69, 9.17) is 4.74 Å². The highest BCUT2D eigenvalue weighted by atomic mass is 32.2. The number of hydrogen-bond donors (Lipinski definition) is 0. The number of alkyl halides is 2. The van der Waals surface area contributed by atoms with Crippen LogP contribution in [-0.2, 0) is 28.0 Å². The number of carbonyl (C=O) groups excluding carboxylic acids is 1. The number of rotatable bonds is 10. The second-order valence-electron chi connectivity index (χ2n) is 7.57. The molecule has 184 valence electrons. The molecule has 0 amide bonds. The van der Waals surface area contributed by atoms with Gasteiger partial charge < -0.3 is 9.47 Å². The summed E-state index contributed by atoms with van der Waals surface area (Å²) in [7, 11) is -0.805. The number of ether oxygens (including phenoxy) is 2. The molecule has 3 heterocycles. The van der Waals surface area contributed by atoms with Gasteiger partial charge in [0.1, 0.15) is 5.75 Å². The van der Waals surface area contributed by atoms with Gasteiger partial charge in [-0.05, 0) is 24.3 Å². The quantitative estimate of drug-likeness (QED) is 0.302. The Morgan fingerprint density at radius 1 is 1.26 bits per heavy atom. The molecule has 0 bridgehead atoms. The lowest BCUT2D eigenvalue weighted by Crippen LogP contribution is -2.12. The lowest BCUT2D eigenvalue weighted by atomic mass is 10.0. The first kappa shape index (κ1) is 24.4. The Balaban J connectivity index is 1.76. The molecule has 0 radical (unpaired) electrons. The summed E-state index contributed by atoms with van der Waals surface area (Å²) in [6, 6.07) is 5.23. The molecule has 35 heavy (non-hydrogen) atoms. The lowest BCUT2D eigenvalue weighted by molar-refractivity contribution is -0.0495. The molecule has 0 spiro atoms. The maximum atomic E-state index is 13.1. The van der Waals surface area contributed by atoms with Crippen LogP contribution in [0.1, 0.15) is 15.9 Å². The van der Waals surface area contributed by atoms with E-state index in [-0.39, 0.29) is 52.0 Å². The zero-order valence-corrected chi connectivity index (χ0v) is 19.6. The fourth-order valence-electron chi connectivity index (χ4n) is 3.58. The third-order valence-corrected chi connectivity index (χ3v) is 6.85. The number of nitrogens with zero attached hydrogens (tertiary/aromatic N) is 5. The monoisotopic (exact) mass is 505 g/mol. The zero-order valence-electron chi connectivity index (χ0n) is 18.8. The summed E-state index contributed by atoms with van der Waals surface area (Å²) in [6.07, 6.45) is 5.99. The minimum absolute atomic E-state index is 0.0187. The number of fused-ring (bicyclic) bond motifs is 1. The van der Waals surface area contributed by atoms with E-state index >= 15 is 0 Å². The molecule has 0 N–H and O–H groups in total. The average Bonchev–Trinajstić information content (AvgIpc) is 3.40. The highest BCUT2D eigenvalue weighted by Gasteiger charge is 2.24. The first-order valence-electron chi connectivity index (χ1n) is 10.3. The molecule has 0 saturated heterocycles. The van der Waals surface area contributed by atoms with E-state index in [1.54, 1.807) is 25.5 Å². The van der Waals surface area contributed by atoms with Crippen LogP contribution in [0.2, 0.25) is 0 Å². The molecule has 0 aliphatic heterocycles. The first-order chi connectivity index (χ1) is 16.7. The van der Waals surface area contributed by atoms with E-state index in [0.29, 0.717) is 11.2 Å². The van der Waals surface area contributed by atoms with Gasteiger partial charge in [0.15, 0.2) is 21.3 Å². The standard InChI is InChI=1S/C22H21F2N5O5S/c1-28-13-14(10-18(30)17-12-26-29-7-3-6-25-21(17)29)20(27-28)16-11-15(35(31,32)9-8-33-2)4-5-19(16)34-22(23)24/h3-7,11-13,22H,8-10H2,1-2H3. The number of aromatic nitrogens is 5. The topological polar surface area (TPSA) is 118 Å². The average molecular weight is 506 g/mol. The third kappa shape index (κ3) is 5.20. The highest BCUT2D eigenvalue weighted by molar-refractivity contribution is 7.91. The van der Waals surface area contributed by atoms with Gasteiger partial charge in [0, 0.05) is 50.3 Å². The Morgan fingerprint density at radius 2 is 2.06 bits per heavy atom. The minimum Gasteiger partial charge on any atom is -0.434 e. The van der Waals surface area contributed by atoms with Crippen LogP contribution in [-0.4, -0.2) is 64.7 Å². The fourth-order valence-corrected chi connectivity index (χ4v) is 4.78. The molecule has 0 aliphatic rings. The van der Waals surface area contributed by atoms with Gasteiger partial charge in [-0.1, -0.05) is 0 Å². The van der Waals surface area contributed by atoms with Gasteiger partial charge in [-0.2, -0.15) is 19.0 Å². The van der Waals surface area contributed by atoms with Crippen molar-refractivity contribution in [2.24, 2.45) is 7.05 Å². The maximum Gasteiger partial charge on any atom is 0.387 e. The molecule has 4 rings (SSSR count). The van der Waals surface area contributed by atoms with Gasteiger partial charge >= 0.3 is 6.61 Å². The van der Waals surface area contributed by atoms with Crippen LogP contribution >= 0.6 is 0 Å². The Kier molecular flexibility index (Phi) is 6.89. The summed E-state index contributed by atoms with van der Waals surface area (Å²) in [5.74, 6) is -0.892. The van der Waals surface area contributed by atoms with Crippen molar-refractivity contribution in [1.29, 1.82) is 0 Å². The van der Waals surface area contributed by atoms with Gasteiger partial charge in [-0.25, -0.2) is 17.9 Å². The van der Waals surface area contributed by atoms with Gasteiger partial charge in [0.25, 0.3) is 0 Å². The van der Waals surface area contributed by atoms with Crippen molar-refractivity contribution < 1.29 is 31.5 Å². The zero-order chi connectivity index (χ0) is 25.2. The summed E-state index contributed by atoms with van der Waals surface area (Å²) in [5, 5.41) is 8.42. The number of Topliss-reactive ketones (excluding diaryl/α,β-unsaturated/α-hetero) is 1. The van der Waals surface area contributed by atoms with E-state index in [1.165, 1.54) is 40.8 Å². The molecule has 3 aromatic heterocycles. The smallest absolute Gasteiger partial charge is 0.387 e. The van der Waals surface area contributed by atoms with Crippen molar-refractivity contribution in [2.45, 2.75) is 17.9 Å². The fraction of sp³-hybridized carbons (Fsp3) is 0.273. The Hall–Kier alpha value is -3.71. The number of aryl methyl sites for hydroxylation is 1. The summed E-state index contributed by atoms with van der Waals surface area (Å²) in [5.41, 5.74) is 1.20. The predicted molar refractivity (Wildman–Crippen MR) is 120 cm³/mol. The number of halogens is 2. The van der Waals surface area contributed by atoms with Crippen LogP contribution in [0.15, 0.2) is 53.9 Å². The minimum atomic E-state index is -3.78. The van der Waals surface area contributed by atoms with Crippen LogP contribution in [0.3, 0.4) is 0 Å². The van der Waals surface area contributed by atoms with Crippen molar-refractivity contribution in [2.75, 3.05) is 19.5 Å². The van der Waals surface area contributed by atoms with Crippen molar-refractivity contribution in [1.82, 2.24) is 24.4 Å². The molecule has 0 atom stereocenters. The van der Waals surface area contributed by atoms with Crippen molar-refractivity contribution in [3.05, 3.63) is 60.2 Å².